The highest BCUT2D eigenvalue weighted by Crippen LogP contribution is 2.58. The molecule has 0 aromatic carbocycles. The third-order valence-electron chi connectivity index (χ3n) is 5.46. The molecule has 0 saturated heterocycles. The average molecular weight is 317 g/mol. The highest BCUT2D eigenvalue weighted by atomic mass is 16.3. The predicted octanol–water partition coefficient (Wildman–Crippen LogP) is 1.26. The summed E-state index contributed by atoms with van der Waals surface area (Å²) in [5, 5.41) is 16.5. The van der Waals surface area contributed by atoms with Crippen molar-refractivity contribution in [3.63, 3.8) is 0 Å². The molecule has 0 spiro atoms. The smallest absolute Gasteiger partial charge is 0.254 e. The summed E-state index contributed by atoms with van der Waals surface area (Å²) in [7, 11) is 0. The maximum Gasteiger partial charge on any atom is 0.254 e. The van der Waals surface area contributed by atoms with Gasteiger partial charge in [0.1, 0.15) is 5.82 Å². The number of carbonyl (C=O) groups is 1. The Balaban J connectivity index is 1.52. The fraction of sp³-hybridized carbons (Fsp3) is 0.688. The third kappa shape index (κ3) is 2.73. The molecule has 4 aliphatic carbocycles. The van der Waals surface area contributed by atoms with Crippen LogP contribution in [0.15, 0.2) is 6.20 Å². The quantitative estimate of drug-likeness (QED) is 0.650. The Morgan fingerprint density at radius 2 is 2.13 bits per heavy atom. The highest BCUT2D eigenvalue weighted by Gasteiger charge is 2.57. The molecule has 0 unspecified atom stereocenters. The summed E-state index contributed by atoms with van der Waals surface area (Å²) in [6.45, 7) is 0. The molecule has 5 N–H and O–H groups in total. The maximum atomic E-state index is 11.6. The zero-order chi connectivity index (χ0) is 16.0. The molecule has 0 radical (unpaired) electrons. The van der Waals surface area contributed by atoms with Crippen LogP contribution in [0.3, 0.4) is 0 Å². The van der Waals surface area contributed by atoms with Gasteiger partial charge in [-0.25, -0.2) is 4.98 Å². The minimum Gasteiger partial charge on any atom is -0.393 e. The fourth-order valence-electron chi connectivity index (χ4n) is 4.09. The molecule has 4 aliphatic rings. The summed E-state index contributed by atoms with van der Waals surface area (Å²) in [5.74, 6) is 1.34. The molecule has 1 heterocycles. The average Bonchev–Trinajstić information content (AvgIpc) is 2.41. The number of carbonyl (C=O) groups excluding carboxylic acids is 1. The van der Waals surface area contributed by atoms with Crippen molar-refractivity contribution in [1.29, 1.82) is 0 Å². The Bertz CT molecular complexity index is 618. The Morgan fingerprint density at radius 1 is 1.35 bits per heavy atom. The number of aliphatic hydroxyl groups excluding tert-OH is 1. The number of nitrogens with zero attached hydrogens (tertiary/aromatic N) is 2. The third-order valence-corrected chi connectivity index (χ3v) is 5.46. The van der Waals surface area contributed by atoms with E-state index in [9.17, 15) is 9.90 Å². The number of aliphatic hydroxyl groups is 1. The van der Waals surface area contributed by atoms with Crippen molar-refractivity contribution < 1.29 is 9.90 Å². The molecule has 23 heavy (non-hydrogen) atoms. The first kappa shape index (κ1) is 14.7. The van der Waals surface area contributed by atoms with Crippen LogP contribution in [0.2, 0.25) is 0 Å². The van der Waals surface area contributed by atoms with Crippen molar-refractivity contribution in [3.05, 3.63) is 11.8 Å². The van der Waals surface area contributed by atoms with Crippen molar-refractivity contribution in [3.8, 4) is 0 Å². The predicted molar refractivity (Wildman–Crippen MR) is 86.1 cm³/mol. The van der Waals surface area contributed by atoms with Crippen LogP contribution in [-0.2, 0) is 0 Å². The van der Waals surface area contributed by atoms with E-state index < -0.39 is 5.91 Å². The Labute approximate surface area is 135 Å². The van der Waals surface area contributed by atoms with E-state index in [1.807, 2.05) is 0 Å². The van der Waals surface area contributed by atoms with Gasteiger partial charge >= 0.3 is 0 Å². The van der Waals surface area contributed by atoms with E-state index in [4.69, 9.17) is 5.73 Å². The Hall–Kier alpha value is -1.89. The summed E-state index contributed by atoms with van der Waals surface area (Å²) in [5.41, 5.74) is 5.90. The van der Waals surface area contributed by atoms with Crippen molar-refractivity contribution in [2.75, 3.05) is 10.6 Å². The van der Waals surface area contributed by atoms with Gasteiger partial charge in [-0.05, 0) is 50.9 Å². The molecule has 4 fully saturated rings. The number of nitrogens with one attached hydrogen (secondary N) is 2. The van der Waals surface area contributed by atoms with Crippen LogP contribution in [0.1, 0.15) is 55.3 Å². The van der Waals surface area contributed by atoms with Gasteiger partial charge in [-0.1, -0.05) is 0 Å². The van der Waals surface area contributed by atoms with Gasteiger partial charge in [0, 0.05) is 17.8 Å². The van der Waals surface area contributed by atoms with Gasteiger partial charge in [-0.3, -0.25) is 4.79 Å². The molecular weight excluding hydrogens is 294 g/mol. The van der Waals surface area contributed by atoms with E-state index in [1.165, 1.54) is 6.20 Å². The molecule has 7 heteroatoms. The van der Waals surface area contributed by atoms with Crippen LogP contribution in [0.4, 0.5) is 11.8 Å². The number of hydrogen-bond donors (Lipinski definition) is 4. The van der Waals surface area contributed by atoms with Crippen LogP contribution >= 0.6 is 0 Å². The van der Waals surface area contributed by atoms with Crippen LogP contribution in [0.5, 0.6) is 0 Å². The lowest BCUT2D eigenvalue weighted by Gasteiger charge is -2.62. The standard InChI is InChI=1S/C16H23N5O2/c17-13(23)12-8-18-15(19-10-2-1-3-11(22)4-10)20-14(12)21-16-5-9(6-16)7-16/h8-11,22H,1-7H2,(H2,17,23)(H2,18,19,20,21)/t9?,10-,11-,16?/m0/s1. The summed E-state index contributed by atoms with van der Waals surface area (Å²) >= 11 is 0. The fourth-order valence-corrected chi connectivity index (χ4v) is 4.09. The molecule has 1 aromatic rings. The number of amides is 1. The minimum absolute atomic E-state index is 0.113. The van der Waals surface area contributed by atoms with Gasteiger partial charge in [0.25, 0.3) is 5.91 Å². The van der Waals surface area contributed by atoms with Crippen molar-refractivity contribution >= 4 is 17.7 Å². The second kappa shape index (κ2) is 5.33. The topological polar surface area (TPSA) is 113 Å². The van der Waals surface area contributed by atoms with E-state index in [1.54, 1.807) is 0 Å². The van der Waals surface area contributed by atoms with Crippen molar-refractivity contribution in [2.24, 2.45) is 11.7 Å². The number of hydrogen-bond acceptors (Lipinski definition) is 6. The van der Waals surface area contributed by atoms with Gasteiger partial charge in [0.15, 0.2) is 0 Å². The normalized spacial score (nSPS) is 34.9. The molecule has 5 rings (SSSR count). The minimum atomic E-state index is -0.515. The Kier molecular flexibility index (Phi) is 3.41. The summed E-state index contributed by atoms with van der Waals surface area (Å²) in [6.07, 6.45) is 8.22. The van der Waals surface area contributed by atoms with Gasteiger partial charge < -0.3 is 21.5 Å². The second-order valence-electron chi connectivity index (χ2n) is 7.37. The van der Waals surface area contributed by atoms with E-state index in [-0.39, 0.29) is 17.7 Å². The van der Waals surface area contributed by atoms with Crippen LogP contribution < -0.4 is 16.4 Å². The van der Waals surface area contributed by atoms with Gasteiger partial charge in [0.05, 0.1) is 11.7 Å². The first-order chi connectivity index (χ1) is 11.0. The van der Waals surface area contributed by atoms with Crippen LogP contribution in [0.25, 0.3) is 0 Å². The van der Waals surface area contributed by atoms with E-state index in [2.05, 4.69) is 20.6 Å². The molecule has 2 atom stereocenters. The van der Waals surface area contributed by atoms with E-state index >= 15 is 0 Å². The summed E-state index contributed by atoms with van der Waals surface area (Å²) in [4.78, 5) is 20.3. The van der Waals surface area contributed by atoms with Crippen molar-refractivity contribution in [2.45, 2.75) is 62.6 Å². The lowest BCUT2D eigenvalue weighted by Crippen LogP contribution is -2.63. The number of anilines is 2. The molecule has 4 saturated carbocycles. The van der Waals surface area contributed by atoms with Gasteiger partial charge in [-0.15, -0.1) is 0 Å². The summed E-state index contributed by atoms with van der Waals surface area (Å²) in [6, 6.07) is 0.168. The monoisotopic (exact) mass is 317 g/mol. The molecule has 2 bridgehead atoms. The molecular formula is C16H23N5O2. The summed E-state index contributed by atoms with van der Waals surface area (Å²) < 4.78 is 0. The molecule has 7 nitrogen and oxygen atoms in total. The SMILES string of the molecule is NC(=O)c1cnc(N[C@H]2CCC[C@H](O)C2)nc1NC12CC(C1)C2. The number of primary amides is 1. The van der Waals surface area contributed by atoms with E-state index in [0.29, 0.717) is 23.8 Å². The molecule has 1 aromatic heterocycles. The highest BCUT2D eigenvalue weighted by molar-refractivity contribution is 5.97. The second-order valence-corrected chi connectivity index (χ2v) is 7.37. The zero-order valence-corrected chi connectivity index (χ0v) is 13.1. The lowest BCUT2D eigenvalue weighted by atomic mass is 9.50. The first-order valence-electron chi connectivity index (χ1n) is 8.43. The zero-order valence-electron chi connectivity index (χ0n) is 13.1. The molecule has 1 amide bonds. The van der Waals surface area contributed by atoms with Crippen molar-refractivity contribution in [1.82, 2.24) is 9.97 Å². The number of aromatic nitrogens is 2. The molecule has 124 valence electrons. The maximum absolute atomic E-state index is 11.6. The largest absolute Gasteiger partial charge is 0.393 e. The van der Waals surface area contributed by atoms with Gasteiger partial charge in [-0.2, -0.15) is 4.98 Å². The Morgan fingerprint density at radius 3 is 2.74 bits per heavy atom. The number of nitrogens with two attached hydrogens (primary N) is 1. The van der Waals surface area contributed by atoms with Crippen LogP contribution in [0, 0.1) is 5.92 Å². The van der Waals surface area contributed by atoms with E-state index in [0.717, 1.165) is 44.4 Å². The lowest BCUT2D eigenvalue weighted by molar-refractivity contribution is 0.00177. The van der Waals surface area contributed by atoms with Crippen LogP contribution in [-0.4, -0.2) is 38.7 Å². The first-order valence-corrected chi connectivity index (χ1v) is 8.43. The molecule has 0 aliphatic heterocycles. The van der Waals surface area contributed by atoms with Gasteiger partial charge in [0.2, 0.25) is 5.95 Å². The number of rotatable bonds is 5.